The van der Waals surface area contributed by atoms with E-state index in [9.17, 15) is 0 Å². The number of unbranched alkanes of at least 4 members (excludes halogenated alkanes) is 2. The summed E-state index contributed by atoms with van der Waals surface area (Å²) >= 11 is 0. The first-order valence-corrected chi connectivity index (χ1v) is 5.65. The third-order valence-electron chi connectivity index (χ3n) is 2.21. The van der Waals surface area contributed by atoms with Gasteiger partial charge in [-0.3, -0.25) is 4.99 Å². The topological polar surface area (TPSA) is 36.4 Å². The van der Waals surface area contributed by atoms with Gasteiger partial charge >= 0.3 is 0 Å². The molecule has 0 aromatic heterocycles. The zero-order valence-electron chi connectivity index (χ0n) is 10.1. The Kier molecular flexibility index (Phi) is 8.66. The molecule has 0 radical (unpaired) electrons. The molecule has 15 heavy (non-hydrogen) atoms. The monoisotopic (exact) mass is 209 g/mol. The van der Waals surface area contributed by atoms with Crippen LogP contribution in [0.5, 0.6) is 0 Å². The van der Waals surface area contributed by atoms with Gasteiger partial charge in [-0.25, -0.2) is 0 Å². The predicted molar refractivity (Wildman–Crippen MR) is 66.9 cm³/mol. The minimum atomic E-state index is 0.445. The maximum absolute atomic E-state index is 5.17. The molecule has 0 spiro atoms. The van der Waals surface area contributed by atoms with Gasteiger partial charge in [-0.1, -0.05) is 32.1 Å². The highest BCUT2D eigenvalue weighted by molar-refractivity contribution is 5.80. The second-order valence-corrected chi connectivity index (χ2v) is 3.67. The highest BCUT2D eigenvalue weighted by atomic mass is 15.2. The Hall–Kier alpha value is -1.17. The summed E-state index contributed by atoms with van der Waals surface area (Å²) in [6, 6.07) is 0.445. The third kappa shape index (κ3) is 7.87. The van der Waals surface area contributed by atoms with Crippen LogP contribution in [0.4, 0.5) is 0 Å². The Bertz CT molecular complexity index is 215. The fourth-order valence-electron chi connectivity index (χ4n) is 1.34. The summed E-state index contributed by atoms with van der Waals surface area (Å²) in [4.78, 5) is 4.09. The van der Waals surface area contributed by atoms with E-state index in [2.05, 4.69) is 35.4 Å². The normalized spacial score (nSPS) is 13.1. The van der Waals surface area contributed by atoms with Gasteiger partial charge in [0.2, 0.25) is 0 Å². The minimum Gasteiger partial charge on any atom is -0.354 e. The Balaban J connectivity index is 3.72. The van der Waals surface area contributed by atoms with Crippen molar-refractivity contribution in [2.75, 3.05) is 13.6 Å². The lowest BCUT2D eigenvalue weighted by Crippen LogP contribution is -2.42. The molecule has 0 aliphatic carbocycles. The molecule has 2 N–H and O–H groups in total. The summed E-state index contributed by atoms with van der Waals surface area (Å²) in [5.41, 5.74) is 0. The Morgan fingerprint density at radius 3 is 2.73 bits per heavy atom. The molecule has 0 amide bonds. The highest BCUT2D eigenvalue weighted by Crippen LogP contribution is 2.02. The standard InChI is InChI=1S/C12H23N3/c1-5-7-8-9-11(3)15-12(13-4)14-10-6-2/h2,11H,5,7-10H2,1,3-4H3,(H2,13,14,15). The van der Waals surface area contributed by atoms with E-state index in [1.807, 2.05) is 0 Å². The number of guanidine groups is 1. The molecule has 0 aliphatic rings. The number of hydrogen-bond acceptors (Lipinski definition) is 1. The largest absolute Gasteiger partial charge is 0.354 e. The van der Waals surface area contributed by atoms with E-state index in [1.54, 1.807) is 7.05 Å². The average Bonchev–Trinajstić information content (AvgIpc) is 2.24. The van der Waals surface area contributed by atoms with Gasteiger partial charge in [-0.2, -0.15) is 0 Å². The van der Waals surface area contributed by atoms with Gasteiger partial charge in [0, 0.05) is 13.1 Å². The SMILES string of the molecule is C#CCNC(=NC)NC(C)CCCCC. The molecule has 0 saturated carbocycles. The molecule has 3 heteroatoms. The molecular weight excluding hydrogens is 186 g/mol. The predicted octanol–water partition coefficient (Wildman–Crippen LogP) is 1.75. The van der Waals surface area contributed by atoms with Gasteiger partial charge in [0.25, 0.3) is 0 Å². The molecule has 86 valence electrons. The number of terminal acetylenes is 1. The van der Waals surface area contributed by atoms with Crippen LogP contribution in [0.1, 0.15) is 39.5 Å². The lowest BCUT2D eigenvalue weighted by Gasteiger charge is -2.16. The molecule has 0 saturated heterocycles. The Morgan fingerprint density at radius 1 is 1.47 bits per heavy atom. The van der Waals surface area contributed by atoms with E-state index >= 15 is 0 Å². The van der Waals surface area contributed by atoms with Crippen LogP contribution in [0.2, 0.25) is 0 Å². The first-order chi connectivity index (χ1) is 7.24. The Labute approximate surface area is 93.7 Å². The second kappa shape index (κ2) is 9.39. The number of nitrogens with zero attached hydrogens (tertiary/aromatic N) is 1. The molecular formula is C12H23N3. The maximum atomic E-state index is 5.17. The van der Waals surface area contributed by atoms with Gasteiger partial charge in [0.15, 0.2) is 5.96 Å². The van der Waals surface area contributed by atoms with Gasteiger partial charge in [0.1, 0.15) is 0 Å². The lowest BCUT2D eigenvalue weighted by atomic mass is 10.1. The van der Waals surface area contributed by atoms with E-state index in [0.29, 0.717) is 12.6 Å². The van der Waals surface area contributed by atoms with Crippen molar-refractivity contribution in [1.29, 1.82) is 0 Å². The average molecular weight is 209 g/mol. The fourth-order valence-corrected chi connectivity index (χ4v) is 1.34. The van der Waals surface area contributed by atoms with Crippen LogP contribution in [-0.4, -0.2) is 25.6 Å². The van der Waals surface area contributed by atoms with Crippen molar-refractivity contribution in [2.24, 2.45) is 4.99 Å². The van der Waals surface area contributed by atoms with Crippen LogP contribution in [-0.2, 0) is 0 Å². The smallest absolute Gasteiger partial charge is 0.191 e. The third-order valence-corrected chi connectivity index (χ3v) is 2.21. The van der Waals surface area contributed by atoms with Crippen LogP contribution in [0.3, 0.4) is 0 Å². The van der Waals surface area contributed by atoms with Gasteiger partial charge in [-0.15, -0.1) is 6.42 Å². The van der Waals surface area contributed by atoms with Crippen LogP contribution in [0.15, 0.2) is 4.99 Å². The van der Waals surface area contributed by atoms with E-state index < -0.39 is 0 Å². The number of aliphatic imine (C=N–C) groups is 1. The Morgan fingerprint density at radius 2 is 2.20 bits per heavy atom. The summed E-state index contributed by atoms with van der Waals surface area (Å²) in [5, 5.41) is 6.35. The molecule has 0 heterocycles. The van der Waals surface area contributed by atoms with Crippen molar-refractivity contribution < 1.29 is 0 Å². The van der Waals surface area contributed by atoms with Crippen LogP contribution in [0, 0.1) is 12.3 Å². The fraction of sp³-hybridized carbons (Fsp3) is 0.750. The maximum Gasteiger partial charge on any atom is 0.191 e. The molecule has 3 nitrogen and oxygen atoms in total. The van der Waals surface area contributed by atoms with Crippen LogP contribution < -0.4 is 10.6 Å². The first kappa shape index (κ1) is 13.8. The van der Waals surface area contributed by atoms with E-state index in [4.69, 9.17) is 6.42 Å². The molecule has 0 fully saturated rings. The molecule has 1 unspecified atom stereocenters. The molecule has 0 aliphatic heterocycles. The van der Waals surface area contributed by atoms with Crippen molar-refractivity contribution in [1.82, 2.24) is 10.6 Å². The zero-order chi connectivity index (χ0) is 11.5. The van der Waals surface area contributed by atoms with E-state index in [-0.39, 0.29) is 0 Å². The second-order valence-electron chi connectivity index (χ2n) is 3.67. The molecule has 1 atom stereocenters. The van der Waals surface area contributed by atoms with E-state index in [0.717, 1.165) is 5.96 Å². The van der Waals surface area contributed by atoms with Crippen molar-refractivity contribution >= 4 is 5.96 Å². The van der Waals surface area contributed by atoms with Crippen LogP contribution in [0.25, 0.3) is 0 Å². The van der Waals surface area contributed by atoms with Gasteiger partial charge in [-0.05, 0) is 13.3 Å². The first-order valence-electron chi connectivity index (χ1n) is 5.65. The molecule has 0 aromatic rings. The summed E-state index contributed by atoms with van der Waals surface area (Å²) < 4.78 is 0. The number of hydrogen-bond donors (Lipinski definition) is 2. The van der Waals surface area contributed by atoms with Crippen molar-refractivity contribution in [3.05, 3.63) is 0 Å². The zero-order valence-corrected chi connectivity index (χ0v) is 10.1. The van der Waals surface area contributed by atoms with Gasteiger partial charge < -0.3 is 10.6 Å². The lowest BCUT2D eigenvalue weighted by molar-refractivity contribution is 0.548. The summed E-state index contributed by atoms with van der Waals surface area (Å²) in [5.74, 6) is 3.31. The van der Waals surface area contributed by atoms with Crippen molar-refractivity contribution in [3.63, 3.8) is 0 Å². The summed E-state index contributed by atoms with van der Waals surface area (Å²) in [6.07, 6.45) is 10.2. The van der Waals surface area contributed by atoms with Crippen molar-refractivity contribution in [3.8, 4) is 12.3 Å². The summed E-state index contributed by atoms with van der Waals surface area (Å²) in [6.45, 7) is 4.89. The van der Waals surface area contributed by atoms with E-state index in [1.165, 1.54) is 25.7 Å². The molecule has 0 rings (SSSR count). The minimum absolute atomic E-state index is 0.445. The number of rotatable bonds is 6. The number of nitrogens with one attached hydrogen (secondary N) is 2. The van der Waals surface area contributed by atoms with Crippen molar-refractivity contribution in [2.45, 2.75) is 45.6 Å². The quantitative estimate of drug-likeness (QED) is 0.303. The molecule has 0 aromatic carbocycles. The highest BCUT2D eigenvalue weighted by Gasteiger charge is 2.03. The summed E-state index contributed by atoms with van der Waals surface area (Å²) in [7, 11) is 1.75. The molecule has 0 bridgehead atoms. The van der Waals surface area contributed by atoms with Crippen LogP contribution >= 0.6 is 0 Å². The van der Waals surface area contributed by atoms with Gasteiger partial charge in [0.05, 0.1) is 6.54 Å².